The van der Waals surface area contributed by atoms with Crippen molar-refractivity contribution in [3.8, 4) is 0 Å². The Hall–Kier alpha value is -3.10. The lowest BCUT2D eigenvalue weighted by Gasteiger charge is -2.03. The van der Waals surface area contributed by atoms with Crippen molar-refractivity contribution < 1.29 is 4.79 Å². The van der Waals surface area contributed by atoms with Gasteiger partial charge in [-0.2, -0.15) is 9.90 Å². The number of aryl methyl sites for hydroxylation is 1. The molecule has 1 amide bonds. The van der Waals surface area contributed by atoms with Crippen LogP contribution in [0.15, 0.2) is 29.1 Å². The van der Waals surface area contributed by atoms with E-state index in [-0.39, 0.29) is 17.2 Å². The molecule has 2 aromatic heterocycles. The highest BCUT2D eigenvalue weighted by molar-refractivity contribution is 6.10. The predicted octanol–water partition coefficient (Wildman–Crippen LogP) is -0.301. The number of aromatic amines is 1. The van der Waals surface area contributed by atoms with Gasteiger partial charge in [0.2, 0.25) is 0 Å². The minimum Gasteiger partial charge on any atom is -0.286 e. The summed E-state index contributed by atoms with van der Waals surface area (Å²) >= 11 is 0. The number of hydrogen-bond acceptors (Lipinski definition) is 6. The first-order chi connectivity index (χ1) is 9.65. The van der Waals surface area contributed by atoms with E-state index in [2.05, 4.69) is 30.9 Å². The Bertz CT molecular complexity index is 851. The zero-order valence-electron chi connectivity index (χ0n) is 10.4. The topological polar surface area (TPSA) is 118 Å². The number of hydrogen-bond donors (Lipinski definition) is 2. The first-order valence-electron chi connectivity index (χ1n) is 5.68. The van der Waals surface area contributed by atoms with E-state index in [0.717, 1.165) is 0 Å². The number of rotatable bonds is 2. The molecule has 0 saturated heterocycles. The second-order valence-electron chi connectivity index (χ2n) is 4.00. The zero-order valence-corrected chi connectivity index (χ0v) is 10.4. The number of nitrogens with zero attached hydrogens (tertiary/aromatic N) is 5. The first kappa shape index (κ1) is 12.0. The molecule has 0 saturated carbocycles. The summed E-state index contributed by atoms with van der Waals surface area (Å²) in [6, 6.07) is 6.70. The van der Waals surface area contributed by atoms with Gasteiger partial charge in [-0.3, -0.25) is 14.9 Å². The molecule has 0 radical (unpaired) electrons. The molecule has 9 heteroatoms. The van der Waals surface area contributed by atoms with Crippen LogP contribution in [-0.2, 0) is 7.05 Å². The number of carbonyl (C=O) groups is 1. The molecule has 0 bridgehead atoms. The van der Waals surface area contributed by atoms with Crippen molar-refractivity contribution in [1.82, 2.24) is 30.4 Å². The molecular formula is C11H9N7O2. The van der Waals surface area contributed by atoms with Crippen molar-refractivity contribution in [2.24, 2.45) is 7.05 Å². The molecule has 0 aliphatic rings. The molecule has 0 spiro atoms. The van der Waals surface area contributed by atoms with Gasteiger partial charge in [0.15, 0.2) is 5.69 Å². The van der Waals surface area contributed by atoms with E-state index < -0.39 is 5.91 Å². The molecular weight excluding hydrogens is 262 g/mol. The first-order valence-corrected chi connectivity index (χ1v) is 5.68. The van der Waals surface area contributed by atoms with Crippen molar-refractivity contribution in [3.05, 3.63) is 40.3 Å². The standard InChI is InChI=1S/C11H9N7O2/c1-18-16-11(15-17-18)12-10(20)8-6-4-2-3-5-7(6)9(19)14-13-8/h2-5H,1H3,(H,14,19)(H,12,16,20). The minimum absolute atomic E-state index is 0.0644. The van der Waals surface area contributed by atoms with Crippen LogP contribution in [0.3, 0.4) is 0 Å². The summed E-state index contributed by atoms with van der Waals surface area (Å²) in [6.07, 6.45) is 0. The number of aromatic nitrogens is 6. The average molecular weight is 271 g/mol. The fourth-order valence-corrected chi connectivity index (χ4v) is 1.78. The molecule has 0 fully saturated rings. The Morgan fingerprint density at radius 3 is 2.75 bits per heavy atom. The summed E-state index contributed by atoms with van der Waals surface area (Å²) in [7, 11) is 1.58. The smallest absolute Gasteiger partial charge is 0.279 e. The summed E-state index contributed by atoms with van der Waals surface area (Å²) in [5.74, 6) is -0.458. The molecule has 0 unspecified atom stereocenters. The van der Waals surface area contributed by atoms with Crippen molar-refractivity contribution in [2.45, 2.75) is 0 Å². The van der Waals surface area contributed by atoms with Crippen molar-refractivity contribution in [1.29, 1.82) is 0 Å². The van der Waals surface area contributed by atoms with Gasteiger partial charge in [0.25, 0.3) is 17.4 Å². The molecule has 0 aliphatic carbocycles. The summed E-state index contributed by atoms with van der Waals surface area (Å²) in [4.78, 5) is 25.0. The van der Waals surface area contributed by atoms with Gasteiger partial charge in [-0.1, -0.05) is 23.3 Å². The van der Waals surface area contributed by atoms with E-state index in [0.29, 0.717) is 10.8 Å². The van der Waals surface area contributed by atoms with Crippen LogP contribution in [0.5, 0.6) is 0 Å². The third-order valence-electron chi connectivity index (χ3n) is 2.64. The monoisotopic (exact) mass is 271 g/mol. The van der Waals surface area contributed by atoms with E-state index in [4.69, 9.17) is 0 Å². The second kappa shape index (κ2) is 4.53. The van der Waals surface area contributed by atoms with Gasteiger partial charge in [0.1, 0.15) is 0 Å². The quantitative estimate of drug-likeness (QED) is 0.660. The van der Waals surface area contributed by atoms with Crippen LogP contribution in [0.1, 0.15) is 10.5 Å². The van der Waals surface area contributed by atoms with Crippen LogP contribution in [0, 0.1) is 0 Å². The summed E-state index contributed by atoms with van der Waals surface area (Å²) in [6.45, 7) is 0. The van der Waals surface area contributed by atoms with Crippen molar-refractivity contribution >= 4 is 22.6 Å². The molecule has 9 nitrogen and oxygen atoms in total. The summed E-state index contributed by atoms with van der Waals surface area (Å²) < 4.78 is 0. The zero-order chi connectivity index (χ0) is 14.1. The number of carbonyl (C=O) groups excluding carboxylic acids is 1. The average Bonchev–Trinajstić information content (AvgIpc) is 2.84. The summed E-state index contributed by atoms with van der Waals surface area (Å²) in [5, 5.41) is 20.5. The molecule has 1 aromatic carbocycles. The van der Waals surface area contributed by atoms with Gasteiger partial charge in [-0.25, -0.2) is 5.10 Å². The lowest BCUT2D eigenvalue weighted by molar-refractivity contribution is 0.102. The lowest BCUT2D eigenvalue weighted by Crippen LogP contribution is -2.19. The van der Waals surface area contributed by atoms with E-state index in [9.17, 15) is 9.59 Å². The van der Waals surface area contributed by atoms with Crippen LogP contribution < -0.4 is 10.9 Å². The Morgan fingerprint density at radius 2 is 2.05 bits per heavy atom. The maximum absolute atomic E-state index is 12.1. The molecule has 3 aromatic rings. The van der Waals surface area contributed by atoms with Crippen molar-refractivity contribution in [2.75, 3.05) is 5.32 Å². The molecule has 2 N–H and O–H groups in total. The number of benzene rings is 1. The molecule has 3 rings (SSSR count). The molecule has 0 aliphatic heterocycles. The largest absolute Gasteiger partial charge is 0.286 e. The van der Waals surface area contributed by atoms with Gasteiger partial charge in [0.05, 0.1) is 12.4 Å². The normalized spacial score (nSPS) is 10.7. The van der Waals surface area contributed by atoms with E-state index in [1.54, 1.807) is 31.3 Å². The van der Waals surface area contributed by atoms with Crippen LogP contribution >= 0.6 is 0 Å². The van der Waals surface area contributed by atoms with Crippen LogP contribution in [0.4, 0.5) is 5.95 Å². The lowest BCUT2D eigenvalue weighted by atomic mass is 10.1. The fourth-order valence-electron chi connectivity index (χ4n) is 1.78. The molecule has 100 valence electrons. The number of nitrogens with one attached hydrogen (secondary N) is 2. The number of tetrazole rings is 1. The highest BCUT2D eigenvalue weighted by Gasteiger charge is 2.15. The Labute approximate surface area is 111 Å². The third kappa shape index (κ3) is 2.00. The second-order valence-corrected chi connectivity index (χ2v) is 4.00. The third-order valence-corrected chi connectivity index (χ3v) is 2.64. The summed E-state index contributed by atoms with van der Waals surface area (Å²) in [5.41, 5.74) is -0.262. The number of anilines is 1. The maximum Gasteiger partial charge on any atom is 0.279 e. The number of H-pyrrole nitrogens is 1. The molecule has 2 heterocycles. The maximum atomic E-state index is 12.1. The van der Waals surface area contributed by atoms with Crippen LogP contribution in [0.2, 0.25) is 0 Å². The van der Waals surface area contributed by atoms with Gasteiger partial charge in [0, 0.05) is 5.39 Å². The minimum atomic E-state index is -0.523. The predicted molar refractivity (Wildman–Crippen MR) is 69.1 cm³/mol. The molecule has 20 heavy (non-hydrogen) atoms. The van der Waals surface area contributed by atoms with Crippen LogP contribution in [-0.4, -0.2) is 36.3 Å². The Kier molecular flexibility index (Phi) is 2.71. The van der Waals surface area contributed by atoms with E-state index >= 15 is 0 Å². The molecule has 0 atom stereocenters. The van der Waals surface area contributed by atoms with Gasteiger partial charge >= 0.3 is 0 Å². The highest BCUT2D eigenvalue weighted by Crippen LogP contribution is 2.13. The number of fused-ring (bicyclic) bond motifs is 1. The van der Waals surface area contributed by atoms with Crippen LogP contribution in [0.25, 0.3) is 10.8 Å². The van der Waals surface area contributed by atoms with Gasteiger partial charge in [-0.05, 0) is 11.3 Å². The Morgan fingerprint density at radius 1 is 1.30 bits per heavy atom. The van der Waals surface area contributed by atoms with E-state index in [1.807, 2.05) is 0 Å². The SMILES string of the molecule is Cn1nnc(NC(=O)c2n[nH]c(=O)c3ccccc23)n1. The van der Waals surface area contributed by atoms with Gasteiger partial charge < -0.3 is 0 Å². The van der Waals surface area contributed by atoms with Crippen molar-refractivity contribution in [3.63, 3.8) is 0 Å². The van der Waals surface area contributed by atoms with Gasteiger partial charge in [-0.15, -0.1) is 5.10 Å². The Balaban J connectivity index is 2.04. The fraction of sp³-hybridized carbons (Fsp3) is 0.0909. The highest BCUT2D eigenvalue weighted by atomic mass is 16.2. The number of amides is 1. The van der Waals surface area contributed by atoms with E-state index in [1.165, 1.54) is 4.80 Å².